The molecule has 2 amide bonds. The van der Waals surface area contributed by atoms with E-state index >= 15 is 0 Å². The number of amides is 2. The normalized spacial score (nSPS) is 15.3. The van der Waals surface area contributed by atoms with Crippen molar-refractivity contribution in [1.29, 1.82) is 0 Å². The third-order valence-electron chi connectivity index (χ3n) is 2.31. The van der Waals surface area contributed by atoms with Crippen molar-refractivity contribution in [1.82, 2.24) is 5.32 Å². The first-order chi connectivity index (χ1) is 7.20. The van der Waals surface area contributed by atoms with Gasteiger partial charge in [0.15, 0.2) is 0 Å². The number of primary amides is 1. The number of hydrogen-bond acceptors (Lipinski definition) is 3. The Hall–Kier alpha value is -1.10. The Morgan fingerprint density at radius 1 is 1.38 bits per heavy atom. The van der Waals surface area contributed by atoms with E-state index in [2.05, 4.69) is 5.32 Å². The van der Waals surface area contributed by atoms with Crippen molar-refractivity contribution in [3.05, 3.63) is 0 Å². The molecular weight excluding hydrogens is 208 g/mol. The van der Waals surface area contributed by atoms with Gasteiger partial charge in [-0.15, -0.1) is 0 Å². The van der Waals surface area contributed by atoms with Crippen LogP contribution in [0.3, 0.4) is 0 Å². The van der Waals surface area contributed by atoms with Crippen LogP contribution in [0.5, 0.6) is 0 Å². The highest BCUT2D eigenvalue weighted by Crippen LogP contribution is 2.19. The van der Waals surface area contributed by atoms with E-state index in [1.807, 2.05) is 6.92 Å². The fraction of sp³-hybridized carbons (Fsp3) is 0.818. The average Bonchev–Trinajstić information content (AvgIpc) is 2.14. The van der Waals surface area contributed by atoms with E-state index in [4.69, 9.17) is 5.73 Å². The molecule has 5 nitrogen and oxygen atoms in total. The summed E-state index contributed by atoms with van der Waals surface area (Å²) in [5, 5.41) is 12.1. The average molecular weight is 230 g/mol. The lowest BCUT2D eigenvalue weighted by atomic mass is 9.88. The second-order valence-electron chi connectivity index (χ2n) is 5.02. The highest BCUT2D eigenvalue weighted by atomic mass is 16.3. The van der Waals surface area contributed by atoms with Gasteiger partial charge in [-0.2, -0.15) is 0 Å². The van der Waals surface area contributed by atoms with Gasteiger partial charge >= 0.3 is 0 Å². The predicted octanol–water partition coefficient (Wildman–Crippen LogP) is 0.164. The Bertz CT molecular complexity index is 258. The maximum absolute atomic E-state index is 11.6. The minimum atomic E-state index is -1.15. The van der Waals surface area contributed by atoms with Crippen LogP contribution in [-0.2, 0) is 9.59 Å². The van der Waals surface area contributed by atoms with E-state index in [0.717, 1.165) is 6.42 Å². The molecule has 0 aromatic rings. The topological polar surface area (TPSA) is 92.4 Å². The van der Waals surface area contributed by atoms with Gasteiger partial charge < -0.3 is 16.2 Å². The number of carbonyl (C=O) groups excluding carboxylic acids is 2. The molecule has 4 N–H and O–H groups in total. The minimum Gasteiger partial charge on any atom is -0.383 e. The molecule has 94 valence electrons. The molecule has 0 heterocycles. The fourth-order valence-corrected chi connectivity index (χ4v) is 1.22. The molecule has 0 radical (unpaired) electrons. The molecule has 5 heteroatoms. The first kappa shape index (κ1) is 14.9. The van der Waals surface area contributed by atoms with Gasteiger partial charge in [-0.25, -0.2) is 0 Å². The lowest BCUT2D eigenvalue weighted by Crippen LogP contribution is -2.50. The van der Waals surface area contributed by atoms with E-state index in [0.29, 0.717) is 6.42 Å². The van der Waals surface area contributed by atoms with Crippen LogP contribution in [-0.4, -0.2) is 29.1 Å². The summed E-state index contributed by atoms with van der Waals surface area (Å²) in [6.07, 6.45) is 0.0726. The third-order valence-corrected chi connectivity index (χ3v) is 2.31. The minimum absolute atomic E-state index is 0.484. The molecule has 0 aromatic heterocycles. The molecule has 0 aliphatic carbocycles. The van der Waals surface area contributed by atoms with Crippen LogP contribution in [0.1, 0.15) is 40.5 Å². The van der Waals surface area contributed by atoms with Crippen LogP contribution in [0.2, 0.25) is 0 Å². The quantitative estimate of drug-likeness (QED) is 0.628. The number of hydrogen-bond donors (Lipinski definition) is 3. The zero-order chi connectivity index (χ0) is 12.9. The van der Waals surface area contributed by atoms with Crippen LogP contribution < -0.4 is 11.1 Å². The summed E-state index contributed by atoms with van der Waals surface area (Å²) in [5.41, 5.74) is 4.59. The van der Waals surface area contributed by atoms with Gasteiger partial charge in [-0.1, -0.05) is 34.1 Å². The van der Waals surface area contributed by atoms with E-state index in [-0.39, 0.29) is 0 Å². The first-order valence-corrected chi connectivity index (χ1v) is 5.48. The van der Waals surface area contributed by atoms with Crippen LogP contribution in [0.25, 0.3) is 0 Å². The van der Waals surface area contributed by atoms with Crippen molar-refractivity contribution in [2.75, 3.05) is 0 Å². The number of nitrogens with two attached hydrogens (primary N) is 1. The molecule has 0 aliphatic heterocycles. The van der Waals surface area contributed by atoms with Crippen LogP contribution >= 0.6 is 0 Å². The molecular formula is C11H22N2O3. The molecule has 0 fully saturated rings. The summed E-state index contributed by atoms with van der Waals surface area (Å²) >= 11 is 0. The Morgan fingerprint density at radius 3 is 2.19 bits per heavy atom. The summed E-state index contributed by atoms with van der Waals surface area (Å²) in [5.74, 6) is -1.12. The molecule has 0 aliphatic rings. The van der Waals surface area contributed by atoms with Crippen LogP contribution in [0, 0.1) is 5.41 Å². The van der Waals surface area contributed by atoms with E-state index in [9.17, 15) is 14.7 Å². The third kappa shape index (κ3) is 4.61. The smallest absolute Gasteiger partial charge is 0.250 e. The van der Waals surface area contributed by atoms with Gasteiger partial charge in [0.25, 0.3) is 0 Å². The van der Waals surface area contributed by atoms with E-state index < -0.39 is 29.4 Å². The molecule has 0 spiro atoms. The zero-order valence-electron chi connectivity index (χ0n) is 10.4. The summed E-state index contributed by atoms with van der Waals surface area (Å²) in [6.45, 7) is 7.13. The second kappa shape index (κ2) is 5.84. The van der Waals surface area contributed by atoms with Gasteiger partial charge in [-0.05, 0) is 11.8 Å². The molecule has 0 rings (SSSR count). The van der Waals surface area contributed by atoms with E-state index in [1.165, 1.54) is 0 Å². The Kier molecular flexibility index (Phi) is 5.44. The number of carbonyl (C=O) groups is 2. The molecule has 2 unspecified atom stereocenters. The molecule has 0 saturated carbocycles. The predicted molar refractivity (Wildman–Crippen MR) is 61.5 cm³/mol. The molecule has 2 atom stereocenters. The highest BCUT2D eigenvalue weighted by Gasteiger charge is 2.31. The van der Waals surface area contributed by atoms with Gasteiger partial charge in [0.05, 0.1) is 0 Å². The number of nitrogens with one attached hydrogen (secondary N) is 1. The molecule has 0 saturated heterocycles. The number of aliphatic hydroxyl groups is 1. The lowest BCUT2D eigenvalue weighted by molar-refractivity contribution is -0.137. The van der Waals surface area contributed by atoms with Gasteiger partial charge in [0.1, 0.15) is 12.1 Å². The van der Waals surface area contributed by atoms with E-state index in [1.54, 1.807) is 20.8 Å². The molecule has 16 heavy (non-hydrogen) atoms. The summed E-state index contributed by atoms with van der Waals surface area (Å²) in [7, 11) is 0. The van der Waals surface area contributed by atoms with Crippen molar-refractivity contribution in [2.24, 2.45) is 11.1 Å². The fourth-order valence-electron chi connectivity index (χ4n) is 1.22. The maximum Gasteiger partial charge on any atom is 0.250 e. The Labute approximate surface area is 96.4 Å². The van der Waals surface area contributed by atoms with Gasteiger partial charge in [0.2, 0.25) is 11.8 Å². The Morgan fingerprint density at radius 2 is 1.88 bits per heavy atom. The van der Waals surface area contributed by atoms with Gasteiger partial charge in [-0.3, -0.25) is 9.59 Å². The van der Waals surface area contributed by atoms with Crippen LogP contribution in [0.4, 0.5) is 0 Å². The molecule has 0 bridgehead atoms. The summed E-state index contributed by atoms with van der Waals surface area (Å²) < 4.78 is 0. The largest absolute Gasteiger partial charge is 0.383 e. The van der Waals surface area contributed by atoms with Crippen molar-refractivity contribution < 1.29 is 14.7 Å². The summed E-state index contributed by atoms with van der Waals surface area (Å²) in [4.78, 5) is 22.6. The van der Waals surface area contributed by atoms with Crippen molar-refractivity contribution in [3.63, 3.8) is 0 Å². The highest BCUT2D eigenvalue weighted by molar-refractivity contribution is 5.88. The zero-order valence-corrected chi connectivity index (χ0v) is 10.4. The number of rotatable bonds is 5. The van der Waals surface area contributed by atoms with Crippen molar-refractivity contribution >= 4 is 11.8 Å². The monoisotopic (exact) mass is 230 g/mol. The Balaban J connectivity index is 4.46. The van der Waals surface area contributed by atoms with Gasteiger partial charge in [0, 0.05) is 0 Å². The molecule has 0 aromatic carbocycles. The van der Waals surface area contributed by atoms with Crippen molar-refractivity contribution in [3.8, 4) is 0 Å². The number of aliphatic hydroxyl groups excluding tert-OH is 1. The maximum atomic E-state index is 11.6. The lowest BCUT2D eigenvalue weighted by Gasteiger charge is -2.26. The first-order valence-electron chi connectivity index (χ1n) is 5.48. The second-order valence-corrected chi connectivity index (χ2v) is 5.02. The summed E-state index contributed by atoms with van der Waals surface area (Å²) in [6, 6.07) is -0.700. The SMILES string of the molecule is CCCC(NC(=O)C(O)C(C)(C)C)C(N)=O. The standard InChI is InChI=1S/C11H22N2O3/c1-5-6-7(9(12)15)13-10(16)8(14)11(2,3)4/h7-8,14H,5-6H2,1-4H3,(H2,12,15)(H,13,16). The van der Waals surface area contributed by atoms with Crippen molar-refractivity contribution in [2.45, 2.75) is 52.7 Å². The van der Waals surface area contributed by atoms with Crippen LogP contribution in [0.15, 0.2) is 0 Å².